The van der Waals surface area contributed by atoms with Crippen molar-refractivity contribution >= 4 is 17.6 Å². The van der Waals surface area contributed by atoms with E-state index in [2.05, 4.69) is 16.4 Å². The molecule has 1 saturated carbocycles. The number of carbonyl (C=O) groups is 2. The number of nitrogens with zero attached hydrogens (tertiary/aromatic N) is 4. The summed E-state index contributed by atoms with van der Waals surface area (Å²) in [5, 5.41) is 9.03. The minimum Gasteiger partial charge on any atom is -0.497 e. The maximum absolute atomic E-state index is 13.0. The molecule has 1 N–H and O–H groups in total. The Balaban J connectivity index is 1.40. The number of rotatable bonds is 13. The summed E-state index contributed by atoms with van der Waals surface area (Å²) in [5.74, 6) is 0.858. The zero-order valence-electron chi connectivity index (χ0n) is 26.9. The highest BCUT2D eigenvalue weighted by Crippen LogP contribution is 2.38. The van der Waals surface area contributed by atoms with Crippen molar-refractivity contribution in [1.82, 2.24) is 19.6 Å². The van der Waals surface area contributed by atoms with Crippen molar-refractivity contribution in [3.05, 3.63) is 71.5 Å². The molecule has 0 radical (unpaired) electrons. The second-order valence-corrected chi connectivity index (χ2v) is 11.9. The monoisotopic (exact) mass is 617 g/mol. The molecule has 0 spiro atoms. The van der Waals surface area contributed by atoms with Crippen LogP contribution in [0.1, 0.15) is 73.1 Å². The first-order chi connectivity index (χ1) is 21.9. The Labute approximate surface area is 266 Å². The first-order valence-corrected chi connectivity index (χ1v) is 16.3. The fraction of sp³-hybridized carbons (Fsp3) is 0.514. The van der Waals surface area contributed by atoms with Gasteiger partial charge in [-0.25, -0.2) is 4.68 Å². The van der Waals surface area contributed by atoms with Crippen LogP contribution >= 0.6 is 0 Å². The van der Waals surface area contributed by atoms with E-state index in [9.17, 15) is 9.59 Å². The Morgan fingerprint density at radius 1 is 1.04 bits per heavy atom. The lowest BCUT2D eigenvalue weighted by atomic mass is 9.81. The van der Waals surface area contributed by atoms with E-state index in [1.807, 2.05) is 53.2 Å². The number of nitrogens with one attached hydrogen (secondary N) is 1. The fourth-order valence-electron chi connectivity index (χ4n) is 6.26. The minimum absolute atomic E-state index is 0.0714. The Bertz CT molecular complexity index is 1380. The molecule has 2 aromatic carbocycles. The highest BCUT2D eigenvalue weighted by Gasteiger charge is 2.30. The van der Waals surface area contributed by atoms with Crippen LogP contribution in [0.3, 0.4) is 0 Å². The van der Waals surface area contributed by atoms with Crippen molar-refractivity contribution in [3.8, 4) is 11.4 Å². The Kier molecular flexibility index (Phi) is 11.5. The molecular weight excluding hydrogens is 570 g/mol. The van der Waals surface area contributed by atoms with Gasteiger partial charge < -0.3 is 24.4 Å². The molecule has 1 aliphatic heterocycles. The number of esters is 1. The molecule has 10 nitrogen and oxygen atoms in total. The van der Waals surface area contributed by atoms with Gasteiger partial charge in [-0.05, 0) is 74.2 Å². The first-order valence-electron chi connectivity index (χ1n) is 16.3. The largest absolute Gasteiger partial charge is 0.497 e. The lowest BCUT2D eigenvalue weighted by Gasteiger charge is -2.33. The van der Waals surface area contributed by atoms with Crippen molar-refractivity contribution in [3.63, 3.8) is 0 Å². The van der Waals surface area contributed by atoms with Gasteiger partial charge in [-0.2, -0.15) is 5.10 Å². The molecule has 0 bridgehead atoms. The number of amides is 1. The zero-order chi connectivity index (χ0) is 31.6. The molecule has 2 heterocycles. The fourth-order valence-corrected chi connectivity index (χ4v) is 6.26. The average molecular weight is 618 g/mol. The number of methoxy groups -OCH3 is 1. The summed E-state index contributed by atoms with van der Waals surface area (Å²) in [5.41, 5.74) is 4.82. The van der Waals surface area contributed by atoms with Gasteiger partial charge in [0.2, 0.25) is 0 Å². The molecule has 45 heavy (non-hydrogen) atoms. The third-order valence-electron chi connectivity index (χ3n) is 8.85. The van der Waals surface area contributed by atoms with Gasteiger partial charge in [-0.3, -0.25) is 14.5 Å². The molecule has 1 saturated heterocycles. The first kappa shape index (κ1) is 32.5. The number of ether oxygens (including phenoxy) is 3. The van der Waals surface area contributed by atoms with Crippen LogP contribution < -0.4 is 10.1 Å². The van der Waals surface area contributed by atoms with Gasteiger partial charge in [0, 0.05) is 56.2 Å². The second-order valence-electron chi connectivity index (χ2n) is 11.9. The van der Waals surface area contributed by atoms with E-state index in [0.29, 0.717) is 24.6 Å². The third-order valence-corrected chi connectivity index (χ3v) is 8.85. The SMILES string of the molecule is CCOC(=O)CCN(C)C(=O)c1ccc(NC(c2cn(-c3ccc(OC)cc3)nc2CN2CCOCC2)C2CCCCC2)cc1. The van der Waals surface area contributed by atoms with Gasteiger partial charge in [0.1, 0.15) is 5.75 Å². The lowest BCUT2D eigenvalue weighted by molar-refractivity contribution is -0.143. The molecule has 2 aliphatic rings. The normalized spacial score (nSPS) is 16.6. The molecule has 5 rings (SSSR count). The number of carbonyl (C=O) groups excluding carboxylic acids is 2. The minimum atomic E-state index is -0.297. The van der Waals surface area contributed by atoms with Crippen LogP contribution in [0, 0.1) is 5.92 Å². The van der Waals surface area contributed by atoms with Gasteiger partial charge in [0.05, 0.1) is 50.8 Å². The highest BCUT2D eigenvalue weighted by molar-refractivity contribution is 5.94. The quantitative estimate of drug-likeness (QED) is 0.252. The van der Waals surface area contributed by atoms with Gasteiger partial charge in [-0.15, -0.1) is 0 Å². The summed E-state index contributed by atoms with van der Waals surface area (Å²) in [6.45, 7) is 6.44. The topological polar surface area (TPSA) is 98.2 Å². The van der Waals surface area contributed by atoms with Crippen LogP contribution in [0.5, 0.6) is 5.75 Å². The predicted molar refractivity (Wildman–Crippen MR) is 174 cm³/mol. The highest BCUT2D eigenvalue weighted by atomic mass is 16.5. The van der Waals surface area contributed by atoms with E-state index >= 15 is 0 Å². The molecule has 1 atom stereocenters. The molecule has 2 fully saturated rings. The Morgan fingerprint density at radius 3 is 2.42 bits per heavy atom. The summed E-state index contributed by atoms with van der Waals surface area (Å²) >= 11 is 0. The number of hydrogen-bond donors (Lipinski definition) is 1. The zero-order valence-corrected chi connectivity index (χ0v) is 26.9. The summed E-state index contributed by atoms with van der Waals surface area (Å²) < 4.78 is 18.0. The van der Waals surface area contributed by atoms with Crippen molar-refractivity contribution in [1.29, 1.82) is 0 Å². The average Bonchev–Trinajstić information content (AvgIpc) is 3.50. The maximum Gasteiger partial charge on any atom is 0.307 e. The number of morpholine rings is 1. The lowest BCUT2D eigenvalue weighted by Crippen LogP contribution is -2.36. The number of aromatic nitrogens is 2. The van der Waals surface area contributed by atoms with Gasteiger partial charge >= 0.3 is 5.97 Å². The molecule has 1 aromatic heterocycles. The van der Waals surface area contributed by atoms with E-state index in [1.165, 1.54) is 24.8 Å². The predicted octanol–water partition coefficient (Wildman–Crippen LogP) is 5.47. The number of hydrogen-bond acceptors (Lipinski definition) is 8. The Morgan fingerprint density at radius 2 is 1.76 bits per heavy atom. The van der Waals surface area contributed by atoms with Crippen LogP contribution in [0.25, 0.3) is 5.69 Å². The van der Waals surface area contributed by atoms with Crippen molar-refractivity contribution in [2.24, 2.45) is 5.92 Å². The molecule has 1 amide bonds. The van der Waals surface area contributed by atoms with E-state index in [4.69, 9.17) is 19.3 Å². The van der Waals surface area contributed by atoms with E-state index in [0.717, 1.165) is 68.5 Å². The molecule has 10 heteroatoms. The van der Waals surface area contributed by atoms with Crippen LogP contribution in [0.4, 0.5) is 5.69 Å². The number of anilines is 1. The summed E-state index contributed by atoms with van der Waals surface area (Å²) in [6.07, 6.45) is 8.40. The van der Waals surface area contributed by atoms with E-state index in [1.54, 1.807) is 26.0 Å². The molecule has 3 aromatic rings. The third kappa shape index (κ3) is 8.64. The summed E-state index contributed by atoms with van der Waals surface area (Å²) in [4.78, 5) is 28.8. The van der Waals surface area contributed by atoms with Gasteiger partial charge in [0.15, 0.2) is 0 Å². The molecule has 242 valence electrons. The number of benzene rings is 2. The standard InChI is InChI=1S/C35H47N5O5/c1-4-45-33(41)18-19-38(2)35(42)27-10-12-28(13-11-27)36-34(26-8-6-5-7-9-26)31-24-40(29-14-16-30(43-3)17-15-29)37-32(31)25-39-20-22-44-23-21-39/h10-17,24,26,34,36H,4-9,18-23,25H2,1-3H3. The second kappa shape index (κ2) is 15.9. The van der Waals surface area contributed by atoms with Crippen molar-refractivity contribution < 1.29 is 23.8 Å². The summed E-state index contributed by atoms with van der Waals surface area (Å²) in [7, 11) is 3.39. The smallest absolute Gasteiger partial charge is 0.307 e. The van der Waals surface area contributed by atoms with Crippen LogP contribution in [0.15, 0.2) is 54.7 Å². The van der Waals surface area contributed by atoms with Crippen molar-refractivity contribution in [2.75, 3.05) is 58.9 Å². The Hall–Kier alpha value is -3.89. The van der Waals surface area contributed by atoms with Crippen molar-refractivity contribution in [2.45, 2.75) is 58.0 Å². The summed E-state index contributed by atoms with van der Waals surface area (Å²) in [6, 6.07) is 15.8. The van der Waals surface area contributed by atoms with E-state index in [-0.39, 0.29) is 24.3 Å². The van der Waals surface area contributed by atoms with Gasteiger partial charge in [-0.1, -0.05) is 19.3 Å². The maximum atomic E-state index is 13.0. The van der Waals surface area contributed by atoms with Crippen LogP contribution in [0.2, 0.25) is 0 Å². The molecular formula is C35H47N5O5. The van der Waals surface area contributed by atoms with Gasteiger partial charge in [0.25, 0.3) is 5.91 Å². The van der Waals surface area contributed by atoms with Crippen LogP contribution in [-0.4, -0.2) is 85.1 Å². The van der Waals surface area contributed by atoms with E-state index < -0.39 is 0 Å². The molecule has 1 unspecified atom stereocenters. The van der Waals surface area contributed by atoms with Crippen LogP contribution in [-0.2, 0) is 20.8 Å². The molecule has 1 aliphatic carbocycles.